The Morgan fingerprint density at radius 2 is 2.11 bits per heavy atom. The van der Waals surface area contributed by atoms with E-state index in [-0.39, 0.29) is 5.69 Å². The van der Waals surface area contributed by atoms with Gasteiger partial charge < -0.3 is 5.32 Å². The number of thiophene rings is 1. The zero-order chi connectivity index (χ0) is 13.1. The number of hydrogen-bond donors (Lipinski definition) is 1. The van der Waals surface area contributed by atoms with Crippen molar-refractivity contribution in [2.75, 3.05) is 5.32 Å². The molecule has 1 heterocycles. The lowest BCUT2D eigenvalue weighted by atomic mass is 10.2. The Morgan fingerprint density at radius 1 is 1.33 bits per heavy atom. The molecule has 1 aromatic carbocycles. The quantitative estimate of drug-likeness (QED) is 0.682. The average molecular weight is 270 g/mol. The van der Waals surface area contributed by atoms with Crippen LogP contribution in [0.1, 0.15) is 4.88 Å². The molecule has 0 aliphatic heterocycles. The first-order chi connectivity index (χ1) is 8.58. The number of nitrogens with one attached hydrogen (secondary N) is 1. The summed E-state index contributed by atoms with van der Waals surface area (Å²) >= 11 is 1.47. The maximum atomic E-state index is 13.4. The van der Waals surface area contributed by atoms with Gasteiger partial charge in [0.15, 0.2) is 0 Å². The Bertz CT molecular complexity index is 573. The van der Waals surface area contributed by atoms with Crippen molar-refractivity contribution in [3.8, 4) is 0 Å². The highest BCUT2D eigenvalue weighted by molar-refractivity contribution is 7.09. The largest absolute Gasteiger partial charge is 0.378 e. The Labute approximate surface area is 105 Å². The summed E-state index contributed by atoms with van der Waals surface area (Å²) in [6, 6.07) is 5.05. The fourth-order valence-electron chi connectivity index (χ4n) is 1.41. The molecular formula is C11H8F2N2O2S. The molecule has 2 rings (SSSR count). The summed E-state index contributed by atoms with van der Waals surface area (Å²) in [7, 11) is 0. The van der Waals surface area contributed by atoms with Crippen LogP contribution in [0.3, 0.4) is 0 Å². The zero-order valence-electron chi connectivity index (χ0n) is 9.02. The normalized spacial score (nSPS) is 10.3. The number of nitro benzene ring substituents is 1. The van der Waals surface area contributed by atoms with E-state index in [1.807, 2.05) is 17.5 Å². The Kier molecular flexibility index (Phi) is 3.52. The molecule has 0 spiro atoms. The standard InChI is InChI=1S/C11H8F2N2O2S/c12-8-4-9(13)11(15(16)17)5-10(8)14-6-7-2-1-3-18-7/h1-5,14H,6H2. The molecular weight excluding hydrogens is 262 g/mol. The smallest absolute Gasteiger partial charge is 0.307 e. The van der Waals surface area contributed by atoms with Gasteiger partial charge in [0.25, 0.3) is 0 Å². The van der Waals surface area contributed by atoms with Crippen LogP contribution in [-0.2, 0) is 6.54 Å². The van der Waals surface area contributed by atoms with Gasteiger partial charge in [0.05, 0.1) is 10.6 Å². The summed E-state index contributed by atoms with van der Waals surface area (Å²) in [5.41, 5.74) is -0.832. The zero-order valence-corrected chi connectivity index (χ0v) is 9.84. The number of nitro groups is 1. The topological polar surface area (TPSA) is 55.2 Å². The van der Waals surface area contributed by atoms with E-state index in [2.05, 4.69) is 5.32 Å². The number of benzene rings is 1. The molecule has 0 amide bonds. The predicted molar refractivity (Wildman–Crippen MR) is 64.7 cm³/mol. The van der Waals surface area contributed by atoms with Crippen molar-refractivity contribution >= 4 is 22.7 Å². The third-order valence-electron chi connectivity index (χ3n) is 2.27. The maximum absolute atomic E-state index is 13.4. The maximum Gasteiger partial charge on any atom is 0.307 e. The molecule has 0 unspecified atom stereocenters. The molecule has 0 fully saturated rings. The number of halogens is 2. The molecule has 0 saturated carbocycles. The lowest BCUT2D eigenvalue weighted by Gasteiger charge is -2.06. The van der Waals surface area contributed by atoms with Crippen LogP contribution in [0.2, 0.25) is 0 Å². The number of nitrogens with zero attached hydrogens (tertiary/aromatic N) is 1. The second-order valence-electron chi connectivity index (χ2n) is 3.47. The Balaban J connectivity index is 2.22. The van der Waals surface area contributed by atoms with E-state index < -0.39 is 22.2 Å². The highest BCUT2D eigenvalue weighted by Crippen LogP contribution is 2.25. The molecule has 0 bridgehead atoms. The first-order valence-electron chi connectivity index (χ1n) is 4.97. The highest BCUT2D eigenvalue weighted by atomic mass is 32.1. The van der Waals surface area contributed by atoms with Crippen molar-refractivity contribution in [2.24, 2.45) is 0 Å². The van der Waals surface area contributed by atoms with Gasteiger partial charge in [0.1, 0.15) is 5.82 Å². The number of hydrogen-bond acceptors (Lipinski definition) is 4. The summed E-state index contributed by atoms with van der Waals surface area (Å²) in [6.07, 6.45) is 0. The fraction of sp³-hybridized carbons (Fsp3) is 0.0909. The fourth-order valence-corrected chi connectivity index (χ4v) is 2.05. The Morgan fingerprint density at radius 3 is 2.72 bits per heavy atom. The molecule has 0 radical (unpaired) electrons. The minimum absolute atomic E-state index is 0.0866. The first-order valence-corrected chi connectivity index (χ1v) is 5.85. The van der Waals surface area contributed by atoms with Gasteiger partial charge in [-0.3, -0.25) is 10.1 Å². The van der Waals surface area contributed by atoms with E-state index in [0.29, 0.717) is 12.6 Å². The average Bonchev–Trinajstić information content (AvgIpc) is 2.80. The molecule has 0 saturated heterocycles. The van der Waals surface area contributed by atoms with Gasteiger partial charge in [0.2, 0.25) is 5.82 Å². The summed E-state index contributed by atoms with van der Waals surface area (Å²) in [6.45, 7) is 0.331. The van der Waals surface area contributed by atoms with Crippen molar-refractivity contribution in [1.82, 2.24) is 0 Å². The van der Waals surface area contributed by atoms with Crippen molar-refractivity contribution < 1.29 is 13.7 Å². The second-order valence-corrected chi connectivity index (χ2v) is 4.51. The van der Waals surface area contributed by atoms with Gasteiger partial charge in [-0.15, -0.1) is 11.3 Å². The van der Waals surface area contributed by atoms with Crippen LogP contribution in [0.25, 0.3) is 0 Å². The van der Waals surface area contributed by atoms with E-state index in [9.17, 15) is 18.9 Å². The minimum Gasteiger partial charge on any atom is -0.378 e. The second kappa shape index (κ2) is 5.09. The van der Waals surface area contributed by atoms with Crippen LogP contribution >= 0.6 is 11.3 Å². The summed E-state index contributed by atoms with van der Waals surface area (Å²) < 4.78 is 26.5. The van der Waals surface area contributed by atoms with Crippen molar-refractivity contribution in [1.29, 1.82) is 0 Å². The molecule has 0 atom stereocenters. The van der Waals surface area contributed by atoms with Crippen LogP contribution in [0.15, 0.2) is 29.6 Å². The van der Waals surface area contributed by atoms with Crippen molar-refractivity contribution in [3.63, 3.8) is 0 Å². The molecule has 18 heavy (non-hydrogen) atoms. The van der Waals surface area contributed by atoms with Gasteiger partial charge in [-0.2, -0.15) is 4.39 Å². The predicted octanol–water partition coefficient (Wildman–Crippen LogP) is 3.55. The summed E-state index contributed by atoms with van der Waals surface area (Å²) in [4.78, 5) is 10.6. The lowest BCUT2D eigenvalue weighted by molar-refractivity contribution is -0.387. The minimum atomic E-state index is -1.18. The van der Waals surface area contributed by atoms with E-state index in [1.165, 1.54) is 11.3 Å². The lowest BCUT2D eigenvalue weighted by Crippen LogP contribution is -2.02. The van der Waals surface area contributed by atoms with Crippen LogP contribution < -0.4 is 5.32 Å². The Hall–Kier alpha value is -2.02. The third-order valence-corrected chi connectivity index (χ3v) is 3.14. The van der Waals surface area contributed by atoms with Crippen LogP contribution in [-0.4, -0.2) is 4.92 Å². The molecule has 7 heteroatoms. The molecule has 4 nitrogen and oxygen atoms in total. The third kappa shape index (κ3) is 2.62. The van der Waals surface area contributed by atoms with Gasteiger partial charge >= 0.3 is 5.69 Å². The SMILES string of the molecule is O=[N+]([O-])c1cc(NCc2cccs2)c(F)cc1F. The van der Waals surface area contributed by atoms with Gasteiger partial charge in [-0.1, -0.05) is 6.07 Å². The summed E-state index contributed by atoms with van der Waals surface area (Å²) in [5.74, 6) is -2.03. The van der Waals surface area contributed by atoms with Crippen molar-refractivity contribution in [3.05, 3.63) is 56.3 Å². The van der Waals surface area contributed by atoms with Crippen molar-refractivity contribution in [2.45, 2.75) is 6.54 Å². The van der Waals surface area contributed by atoms with Crippen LogP contribution in [0.5, 0.6) is 0 Å². The number of rotatable bonds is 4. The molecule has 1 N–H and O–H groups in total. The molecule has 2 aromatic rings. The summed E-state index contributed by atoms with van der Waals surface area (Å²) in [5, 5.41) is 15.1. The van der Waals surface area contributed by atoms with Crippen LogP contribution in [0.4, 0.5) is 20.2 Å². The van der Waals surface area contributed by atoms with Gasteiger partial charge in [0, 0.05) is 23.6 Å². The van der Waals surface area contributed by atoms with E-state index in [4.69, 9.17) is 0 Å². The van der Waals surface area contributed by atoms with E-state index in [1.54, 1.807) is 0 Å². The molecule has 1 aromatic heterocycles. The molecule has 94 valence electrons. The van der Waals surface area contributed by atoms with Gasteiger partial charge in [-0.25, -0.2) is 4.39 Å². The van der Waals surface area contributed by atoms with E-state index >= 15 is 0 Å². The monoisotopic (exact) mass is 270 g/mol. The van der Waals surface area contributed by atoms with Crippen LogP contribution in [0, 0.1) is 21.7 Å². The van der Waals surface area contributed by atoms with Gasteiger partial charge in [-0.05, 0) is 11.4 Å². The van der Waals surface area contributed by atoms with E-state index in [0.717, 1.165) is 10.9 Å². The number of anilines is 1. The highest BCUT2D eigenvalue weighted by Gasteiger charge is 2.18. The first kappa shape index (κ1) is 12.4. The molecule has 0 aliphatic carbocycles. The molecule has 0 aliphatic rings.